The third-order valence-corrected chi connectivity index (χ3v) is 4.60. The second-order valence-corrected chi connectivity index (χ2v) is 7.70. The van der Waals surface area contributed by atoms with Crippen molar-refractivity contribution in [3.05, 3.63) is 35.0 Å². The summed E-state index contributed by atoms with van der Waals surface area (Å²) in [4.78, 5) is 21.9. The number of pyridine rings is 1. The Labute approximate surface area is 174 Å². The van der Waals surface area contributed by atoms with E-state index in [-0.39, 0.29) is 5.91 Å². The first-order valence-electron chi connectivity index (χ1n) is 8.53. The number of fused-ring (bicyclic) bond motifs is 1. The van der Waals surface area contributed by atoms with Gasteiger partial charge in [0.25, 0.3) is 5.91 Å². The summed E-state index contributed by atoms with van der Waals surface area (Å²) in [5.74, 6) is 2.69. The van der Waals surface area contributed by atoms with Gasteiger partial charge in [0, 0.05) is 23.2 Å². The number of benzene rings is 1. The number of amides is 1. The largest absolute Gasteiger partial charge is 0.470 e. The molecule has 0 aliphatic heterocycles. The van der Waals surface area contributed by atoms with Crippen molar-refractivity contribution < 1.29 is 14.4 Å². The summed E-state index contributed by atoms with van der Waals surface area (Å²) in [6, 6.07) is 5.18. The predicted molar refractivity (Wildman–Crippen MR) is 115 cm³/mol. The van der Waals surface area contributed by atoms with Gasteiger partial charge in [-0.2, -0.15) is 0 Å². The van der Waals surface area contributed by atoms with Gasteiger partial charge in [0.05, 0.1) is 22.3 Å². The number of hydrogen-bond acceptors (Lipinski definition) is 6. The van der Waals surface area contributed by atoms with Crippen LogP contribution in [0.5, 0.6) is 5.75 Å². The van der Waals surface area contributed by atoms with E-state index < -0.39 is 11.0 Å². The molecule has 6 nitrogen and oxygen atoms in total. The standard InChI is InChI=1S/C20H22ClN3O3S/c1-6-13-8-14-9-15(10-16(21)17(14)22-11-13)27-19(28-5)18(25)24-20(3,4)12-23-26-7-2/h1,8-12,19H,7H2,2-5H3,(H,24,25)/b23-12-. The van der Waals surface area contributed by atoms with E-state index in [1.165, 1.54) is 18.0 Å². The number of ether oxygens (including phenoxy) is 1. The summed E-state index contributed by atoms with van der Waals surface area (Å²) in [6.07, 6.45) is 10.3. The van der Waals surface area contributed by atoms with E-state index >= 15 is 0 Å². The van der Waals surface area contributed by atoms with E-state index in [0.717, 1.165) is 5.39 Å². The molecule has 0 aliphatic rings. The van der Waals surface area contributed by atoms with Gasteiger partial charge in [-0.3, -0.25) is 9.78 Å². The molecule has 8 heteroatoms. The lowest BCUT2D eigenvalue weighted by atomic mass is 10.1. The summed E-state index contributed by atoms with van der Waals surface area (Å²) in [5, 5.41) is 7.84. The quantitative estimate of drug-likeness (QED) is 0.304. The molecule has 1 amide bonds. The van der Waals surface area contributed by atoms with Crippen molar-refractivity contribution in [2.24, 2.45) is 5.16 Å². The fourth-order valence-electron chi connectivity index (χ4n) is 2.31. The molecule has 0 spiro atoms. The Morgan fingerprint density at radius 1 is 1.50 bits per heavy atom. The van der Waals surface area contributed by atoms with Gasteiger partial charge in [-0.05, 0) is 39.2 Å². The van der Waals surface area contributed by atoms with Crippen molar-refractivity contribution in [2.45, 2.75) is 31.7 Å². The van der Waals surface area contributed by atoms with Crippen LogP contribution in [0.4, 0.5) is 0 Å². The van der Waals surface area contributed by atoms with E-state index in [1.807, 2.05) is 20.8 Å². The number of carbonyl (C=O) groups is 1. The molecule has 0 bridgehead atoms. The predicted octanol–water partition coefficient (Wildman–Crippen LogP) is 3.85. The number of terminal acetylenes is 1. The van der Waals surface area contributed by atoms with Crippen LogP contribution in [0.15, 0.2) is 29.6 Å². The van der Waals surface area contributed by atoms with Gasteiger partial charge in [0.1, 0.15) is 12.4 Å². The lowest BCUT2D eigenvalue weighted by Gasteiger charge is -2.24. The number of halogens is 1. The first-order valence-corrected chi connectivity index (χ1v) is 10.2. The molecule has 1 N–H and O–H groups in total. The second-order valence-electron chi connectivity index (χ2n) is 6.39. The topological polar surface area (TPSA) is 72.8 Å². The van der Waals surface area contributed by atoms with Crippen LogP contribution in [0.25, 0.3) is 10.9 Å². The maximum Gasteiger partial charge on any atom is 0.272 e. The zero-order valence-electron chi connectivity index (χ0n) is 16.2. The van der Waals surface area contributed by atoms with Gasteiger partial charge in [-0.25, -0.2) is 0 Å². The molecular weight excluding hydrogens is 398 g/mol. The molecule has 2 aromatic rings. The number of oxime groups is 1. The van der Waals surface area contributed by atoms with Gasteiger partial charge in [0.15, 0.2) is 0 Å². The Hall–Kier alpha value is -2.43. The SMILES string of the molecule is C#Cc1cnc2c(Cl)cc(OC(SC)C(=O)NC(C)(C)/C=N\OCC)cc2c1. The van der Waals surface area contributed by atoms with Crippen molar-refractivity contribution in [2.75, 3.05) is 12.9 Å². The molecule has 0 saturated heterocycles. The molecule has 0 aliphatic carbocycles. The fourth-order valence-corrected chi connectivity index (χ4v) is 3.06. The van der Waals surface area contributed by atoms with Crippen LogP contribution in [-0.2, 0) is 9.63 Å². The van der Waals surface area contributed by atoms with Crippen molar-refractivity contribution in [3.63, 3.8) is 0 Å². The number of aromatic nitrogens is 1. The minimum Gasteiger partial charge on any atom is -0.470 e. The van der Waals surface area contributed by atoms with Crippen LogP contribution in [-0.4, -0.2) is 40.9 Å². The summed E-state index contributed by atoms with van der Waals surface area (Å²) < 4.78 is 5.87. The van der Waals surface area contributed by atoms with Crippen molar-refractivity contribution in [3.8, 4) is 18.1 Å². The highest BCUT2D eigenvalue weighted by molar-refractivity contribution is 7.99. The van der Waals surface area contributed by atoms with Crippen LogP contribution in [0.3, 0.4) is 0 Å². The second kappa shape index (κ2) is 9.67. The van der Waals surface area contributed by atoms with E-state index in [4.69, 9.17) is 27.6 Å². The third kappa shape index (κ3) is 5.78. The molecule has 0 saturated carbocycles. The van der Waals surface area contributed by atoms with Gasteiger partial charge in [0.2, 0.25) is 5.44 Å². The first-order chi connectivity index (χ1) is 13.3. The third-order valence-electron chi connectivity index (χ3n) is 3.57. The van der Waals surface area contributed by atoms with Gasteiger partial charge < -0.3 is 14.9 Å². The van der Waals surface area contributed by atoms with Crippen LogP contribution >= 0.6 is 23.4 Å². The van der Waals surface area contributed by atoms with Crippen molar-refractivity contribution in [1.29, 1.82) is 0 Å². The Balaban J connectivity index is 2.19. The minimum atomic E-state index is -0.780. The minimum absolute atomic E-state index is 0.299. The van der Waals surface area contributed by atoms with E-state index in [9.17, 15) is 4.79 Å². The molecule has 28 heavy (non-hydrogen) atoms. The molecule has 1 heterocycles. The molecule has 0 radical (unpaired) electrons. The lowest BCUT2D eigenvalue weighted by Crippen LogP contribution is -2.49. The number of nitrogens with zero attached hydrogens (tertiary/aromatic N) is 2. The number of rotatable bonds is 8. The maximum atomic E-state index is 12.6. The molecule has 0 fully saturated rings. The molecule has 2 rings (SSSR count). The van der Waals surface area contributed by atoms with Crippen LogP contribution in [0.2, 0.25) is 5.02 Å². The highest BCUT2D eigenvalue weighted by Crippen LogP contribution is 2.29. The van der Waals surface area contributed by atoms with Gasteiger partial charge in [-0.1, -0.05) is 22.7 Å². The normalized spacial score (nSPS) is 12.6. The average molecular weight is 420 g/mol. The maximum absolute atomic E-state index is 12.6. The smallest absolute Gasteiger partial charge is 0.272 e. The lowest BCUT2D eigenvalue weighted by molar-refractivity contribution is -0.125. The molecule has 1 unspecified atom stereocenters. The Kier molecular flexibility index (Phi) is 7.55. The number of carbonyl (C=O) groups excluding carboxylic acids is 1. The molecule has 1 aromatic heterocycles. The van der Waals surface area contributed by atoms with E-state index in [2.05, 4.69) is 21.4 Å². The molecule has 1 aromatic carbocycles. The zero-order valence-corrected chi connectivity index (χ0v) is 17.7. The van der Waals surface area contributed by atoms with Crippen LogP contribution < -0.4 is 10.1 Å². The summed E-state index contributed by atoms with van der Waals surface area (Å²) >= 11 is 7.57. The summed E-state index contributed by atoms with van der Waals surface area (Å²) in [5.41, 5.74) is -0.227. The van der Waals surface area contributed by atoms with Gasteiger partial charge in [-0.15, -0.1) is 18.2 Å². The fraction of sp³-hybridized carbons (Fsp3) is 0.350. The summed E-state index contributed by atoms with van der Waals surface area (Å²) in [7, 11) is 0. The summed E-state index contributed by atoms with van der Waals surface area (Å²) in [6.45, 7) is 5.91. The Bertz CT molecular complexity index is 925. The molecule has 148 valence electrons. The van der Waals surface area contributed by atoms with Crippen LogP contribution in [0, 0.1) is 12.3 Å². The van der Waals surface area contributed by atoms with E-state index in [1.54, 1.807) is 30.7 Å². The Morgan fingerprint density at radius 3 is 2.89 bits per heavy atom. The first kappa shape index (κ1) is 21.9. The van der Waals surface area contributed by atoms with Crippen molar-refractivity contribution >= 4 is 46.4 Å². The highest BCUT2D eigenvalue weighted by Gasteiger charge is 2.26. The zero-order chi connectivity index (χ0) is 20.7. The number of thioether (sulfide) groups is 1. The number of hydrogen-bond donors (Lipinski definition) is 1. The van der Waals surface area contributed by atoms with Crippen molar-refractivity contribution in [1.82, 2.24) is 10.3 Å². The van der Waals surface area contributed by atoms with E-state index in [0.29, 0.717) is 28.5 Å². The molecule has 1 atom stereocenters. The average Bonchev–Trinajstić information content (AvgIpc) is 2.65. The Morgan fingerprint density at radius 2 is 2.25 bits per heavy atom. The van der Waals surface area contributed by atoms with Gasteiger partial charge >= 0.3 is 0 Å². The monoisotopic (exact) mass is 419 g/mol. The van der Waals surface area contributed by atoms with Crippen LogP contribution in [0.1, 0.15) is 26.3 Å². The number of nitrogens with one attached hydrogen (secondary N) is 1. The molecular formula is C20H22ClN3O3S. The highest BCUT2D eigenvalue weighted by atomic mass is 35.5.